The van der Waals surface area contributed by atoms with Gasteiger partial charge in [0, 0.05) is 37.6 Å². The van der Waals surface area contributed by atoms with Crippen molar-refractivity contribution >= 4 is 23.4 Å². The number of rotatable bonds is 9. The van der Waals surface area contributed by atoms with Gasteiger partial charge < -0.3 is 19.3 Å². The minimum absolute atomic E-state index is 0.0788. The Morgan fingerprint density at radius 1 is 1.14 bits per heavy atom. The van der Waals surface area contributed by atoms with E-state index >= 15 is 0 Å². The first kappa shape index (κ1) is 24.8. The molecule has 0 N–H and O–H groups in total. The van der Waals surface area contributed by atoms with Gasteiger partial charge in [-0.1, -0.05) is 41.9 Å². The largest absolute Gasteiger partial charge is 0.490 e. The molecule has 0 saturated carbocycles. The molecule has 3 aromatic rings. The highest BCUT2D eigenvalue weighted by Crippen LogP contribution is 2.26. The molecule has 1 aliphatic rings. The Kier molecular flexibility index (Phi) is 8.05. The van der Waals surface area contributed by atoms with Gasteiger partial charge in [0.05, 0.1) is 19.6 Å². The molecule has 9 heteroatoms. The summed E-state index contributed by atoms with van der Waals surface area (Å²) in [4.78, 5) is 29.6. The molecule has 35 heavy (non-hydrogen) atoms. The molecular weight excluding hydrogens is 468 g/mol. The number of carbonyl (C=O) groups excluding carboxylic acids is 2. The van der Waals surface area contributed by atoms with Gasteiger partial charge in [-0.15, -0.1) is 0 Å². The van der Waals surface area contributed by atoms with Gasteiger partial charge in [-0.25, -0.2) is 0 Å². The van der Waals surface area contributed by atoms with E-state index in [1.807, 2.05) is 30.3 Å². The van der Waals surface area contributed by atoms with Crippen LogP contribution in [0.4, 0.5) is 0 Å². The summed E-state index contributed by atoms with van der Waals surface area (Å²) in [6, 6.07) is 18.6. The molecule has 0 spiro atoms. The fraction of sp³-hybridized carbons (Fsp3) is 0.346. The average molecular weight is 497 g/mol. The maximum absolute atomic E-state index is 13.3. The lowest BCUT2D eigenvalue weighted by Gasteiger charge is -2.42. The fourth-order valence-electron chi connectivity index (χ4n) is 4.04. The molecule has 0 radical (unpaired) electrons. The van der Waals surface area contributed by atoms with E-state index in [0.717, 1.165) is 5.56 Å². The Bertz CT molecular complexity index is 1110. The van der Waals surface area contributed by atoms with Crippen LogP contribution < -0.4 is 4.74 Å². The van der Waals surface area contributed by atoms with Gasteiger partial charge in [0.15, 0.2) is 0 Å². The van der Waals surface area contributed by atoms with E-state index in [-0.39, 0.29) is 37.9 Å². The number of hydrogen-bond acceptors (Lipinski definition) is 5. The van der Waals surface area contributed by atoms with E-state index in [0.29, 0.717) is 30.5 Å². The molecule has 1 fully saturated rings. The number of halogens is 1. The summed E-state index contributed by atoms with van der Waals surface area (Å²) in [6.07, 6.45) is 3.46. The first-order valence-electron chi connectivity index (χ1n) is 11.5. The van der Waals surface area contributed by atoms with Crippen LogP contribution in [0.2, 0.25) is 5.02 Å². The summed E-state index contributed by atoms with van der Waals surface area (Å²) in [5.41, 5.74) is 0.0510. The highest BCUT2D eigenvalue weighted by molar-refractivity contribution is 6.30. The second kappa shape index (κ2) is 11.4. The lowest BCUT2D eigenvalue weighted by molar-refractivity contribution is -0.166. The average Bonchev–Trinajstić information content (AvgIpc) is 3.37. The van der Waals surface area contributed by atoms with Crippen molar-refractivity contribution in [2.24, 2.45) is 0 Å². The number of amides is 2. The highest BCUT2D eigenvalue weighted by Gasteiger charge is 2.42. The Balaban J connectivity index is 1.48. The Labute approximate surface area is 210 Å². The minimum Gasteiger partial charge on any atom is -0.490 e. The standard InChI is InChI=1S/C26H29ClN4O4/c1-29(17-21-6-3-2-4-7-21)24(32)16-26(20-34-23-10-8-22(27)9-11-23)19-30(14-15-35-26)25(33)18-31-13-5-12-28-31/h2-13H,14-20H2,1H3/t26-/m1/s1. The van der Waals surface area contributed by atoms with Crippen molar-refractivity contribution in [3.8, 4) is 5.75 Å². The first-order valence-corrected chi connectivity index (χ1v) is 11.9. The zero-order chi connectivity index (χ0) is 24.7. The SMILES string of the molecule is CN(Cc1ccccc1)C(=O)C[C@]1(COc2ccc(Cl)cc2)CN(C(=O)Cn2cccn2)CCO1. The second-order valence-electron chi connectivity index (χ2n) is 8.71. The molecule has 0 bridgehead atoms. The number of nitrogens with zero attached hydrogens (tertiary/aromatic N) is 4. The van der Waals surface area contributed by atoms with Crippen molar-refractivity contribution in [3.05, 3.63) is 83.6 Å². The third kappa shape index (κ3) is 6.83. The molecule has 184 valence electrons. The molecule has 1 saturated heterocycles. The maximum Gasteiger partial charge on any atom is 0.244 e. The van der Waals surface area contributed by atoms with Crippen LogP contribution in [0.1, 0.15) is 12.0 Å². The van der Waals surface area contributed by atoms with Gasteiger partial charge in [-0.2, -0.15) is 5.10 Å². The third-order valence-electron chi connectivity index (χ3n) is 5.93. The Morgan fingerprint density at radius 3 is 2.63 bits per heavy atom. The summed E-state index contributed by atoms with van der Waals surface area (Å²) in [6.45, 7) is 1.72. The molecule has 0 aliphatic carbocycles. The Hall–Kier alpha value is -3.36. The summed E-state index contributed by atoms with van der Waals surface area (Å²) < 4.78 is 13.8. The number of morpholine rings is 1. The molecule has 4 rings (SSSR count). The third-order valence-corrected chi connectivity index (χ3v) is 6.19. The molecule has 1 aliphatic heterocycles. The van der Waals surface area contributed by atoms with Gasteiger partial charge in [0.2, 0.25) is 11.8 Å². The quantitative estimate of drug-likeness (QED) is 0.454. The van der Waals surface area contributed by atoms with Gasteiger partial charge in [0.1, 0.15) is 24.5 Å². The molecule has 2 aromatic carbocycles. The fourth-order valence-corrected chi connectivity index (χ4v) is 4.16. The van der Waals surface area contributed by atoms with Crippen molar-refractivity contribution in [2.45, 2.75) is 25.1 Å². The topological polar surface area (TPSA) is 76.9 Å². The maximum atomic E-state index is 13.3. The lowest BCUT2D eigenvalue weighted by Crippen LogP contribution is -2.58. The van der Waals surface area contributed by atoms with E-state index in [2.05, 4.69) is 5.10 Å². The van der Waals surface area contributed by atoms with Crippen LogP contribution in [0, 0.1) is 0 Å². The van der Waals surface area contributed by atoms with Crippen LogP contribution >= 0.6 is 11.6 Å². The molecule has 1 aromatic heterocycles. The molecule has 1 atom stereocenters. The van der Waals surface area contributed by atoms with E-state index in [1.165, 1.54) is 0 Å². The Morgan fingerprint density at radius 2 is 1.91 bits per heavy atom. The van der Waals surface area contributed by atoms with Gasteiger partial charge in [0.25, 0.3) is 0 Å². The van der Waals surface area contributed by atoms with Gasteiger partial charge in [-0.3, -0.25) is 14.3 Å². The molecule has 2 amide bonds. The van der Waals surface area contributed by atoms with Crippen molar-refractivity contribution in [1.29, 1.82) is 0 Å². The van der Waals surface area contributed by atoms with Gasteiger partial charge in [-0.05, 0) is 35.9 Å². The predicted molar refractivity (Wildman–Crippen MR) is 132 cm³/mol. The zero-order valence-electron chi connectivity index (χ0n) is 19.7. The highest BCUT2D eigenvalue weighted by atomic mass is 35.5. The van der Waals surface area contributed by atoms with E-state index in [4.69, 9.17) is 21.1 Å². The molecule has 8 nitrogen and oxygen atoms in total. The van der Waals surface area contributed by atoms with Crippen molar-refractivity contribution < 1.29 is 19.1 Å². The number of hydrogen-bond donors (Lipinski definition) is 0. The van der Waals surface area contributed by atoms with Crippen LogP contribution in [0.5, 0.6) is 5.75 Å². The summed E-state index contributed by atoms with van der Waals surface area (Å²) >= 11 is 5.99. The van der Waals surface area contributed by atoms with Crippen molar-refractivity contribution in [3.63, 3.8) is 0 Å². The summed E-state index contributed by atoms with van der Waals surface area (Å²) in [5, 5.41) is 4.73. The monoisotopic (exact) mass is 496 g/mol. The van der Waals surface area contributed by atoms with Gasteiger partial charge >= 0.3 is 0 Å². The van der Waals surface area contributed by atoms with Crippen LogP contribution in [0.15, 0.2) is 73.1 Å². The molecule has 2 heterocycles. The van der Waals surface area contributed by atoms with Crippen molar-refractivity contribution in [2.75, 3.05) is 33.4 Å². The van der Waals surface area contributed by atoms with E-state index in [1.54, 1.807) is 64.3 Å². The number of benzene rings is 2. The lowest BCUT2D eigenvalue weighted by atomic mass is 9.96. The number of carbonyl (C=O) groups is 2. The predicted octanol–water partition coefficient (Wildman–Crippen LogP) is 3.26. The molecular formula is C26H29ClN4O4. The van der Waals surface area contributed by atoms with Crippen LogP contribution in [0.25, 0.3) is 0 Å². The normalized spacial score (nSPS) is 17.7. The smallest absolute Gasteiger partial charge is 0.244 e. The van der Waals surface area contributed by atoms with Crippen LogP contribution in [-0.2, 0) is 27.4 Å². The number of ether oxygens (including phenoxy) is 2. The number of aromatic nitrogens is 2. The molecule has 0 unspecified atom stereocenters. The van der Waals surface area contributed by atoms with Crippen molar-refractivity contribution in [1.82, 2.24) is 19.6 Å². The summed E-state index contributed by atoms with van der Waals surface area (Å²) in [7, 11) is 1.77. The van der Waals surface area contributed by atoms with E-state index in [9.17, 15) is 9.59 Å². The second-order valence-corrected chi connectivity index (χ2v) is 9.14. The van der Waals surface area contributed by atoms with Crippen LogP contribution in [-0.4, -0.2) is 70.3 Å². The minimum atomic E-state index is -0.986. The van der Waals surface area contributed by atoms with E-state index < -0.39 is 5.60 Å². The first-order chi connectivity index (χ1) is 16.9. The summed E-state index contributed by atoms with van der Waals surface area (Å²) in [5.74, 6) is 0.440. The zero-order valence-corrected chi connectivity index (χ0v) is 20.4. The van der Waals surface area contributed by atoms with Crippen LogP contribution in [0.3, 0.4) is 0 Å².